The number of hydrogen-bond donors (Lipinski definition) is 1. The maximum Gasteiger partial charge on any atom is 0.145 e. The van der Waals surface area contributed by atoms with E-state index in [0.717, 1.165) is 0 Å². The molecule has 0 aliphatic rings. The van der Waals surface area contributed by atoms with E-state index in [1.54, 1.807) is 30.3 Å². The number of nitrogens with one attached hydrogen (secondary N) is 1. The summed E-state index contributed by atoms with van der Waals surface area (Å²) in [7, 11) is 0. The molecule has 0 unspecified atom stereocenters. The highest BCUT2D eigenvalue weighted by molar-refractivity contribution is 9.10. The molecule has 1 N–H and O–H groups in total. The SMILES string of the molecule is CC(C)NCc1ccc(-c2cccc(Br)c2F)cc1F. The van der Waals surface area contributed by atoms with Crippen LogP contribution in [0.3, 0.4) is 0 Å². The zero-order valence-corrected chi connectivity index (χ0v) is 13.0. The highest BCUT2D eigenvalue weighted by atomic mass is 79.9. The third-order valence-corrected chi connectivity index (χ3v) is 3.63. The van der Waals surface area contributed by atoms with Crippen LogP contribution in [-0.4, -0.2) is 6.04 Å². The summed E-state index contributed by atoms with van der Waals surface area (Å²) in [6, 6.07) is 10.1. The largest absolute Gasteiger partial charge is 0.310 e. The first kappa shape index (κ1) is 15.1. The molecule has 4 heteroatoms. The second kappa shape index (κ2) is 6.46. The van der Waals surface area contributed by atoms with E-state index in [9.17, 15) is 8.78 Å². The Hall–Kier alpha value is -1.26. The molecule has 0 aromatic heterocycles. The molecular weight excluding hydrogens is 324 g/mol. The molecule has 0 spiro atoms. The van der Waals surface area contributed by atoms with Crippen molar-refractivity contribution in [3.63, 3.8) is 0 Å². The van der Waals surface area contributed by atoms with E-state index in [-0.39, 0.29) is 17.7 Å². The van der Waals surface area contributed by atoms with Gasteiger partial charge in [-0.25, -0.2) is 8.78 Å². The van der Waals surface area contributed by atoms with Crippen LogP contribution in [0.5, 0.6) is 0 Å². The molecule has 0 aliphatic carbocycles. The molecule has 2 rings (SSSR count). The average molecular weight is 340 g/mol. The van der Waals surface area contributed by atoms with E-state index in [4.69, 9.17) is 0 Å². The van der Waals surface area contributed by atoms with Crippen LogP contribution in [0.15, 0.2) is 40.9 Å². The van der Waals surface area contributed by atoms with E-state index < -0.39 is 0 Å². The number of benzene rings is 2. The van der Waals surface area contributed by atoms with Gasteiger partial charge in [-0.15, -0.1) is 0 Å². The first-order valence-electron chi connectivity index (χ1n) is 6.45. The van der Waals surface area contributed by atoms with Crippen LogP contribution in [0.1, 0.15) is 19.4 Å². The second-order valence-corrected chi connectivity index (χ2v) is 5.80. The molecule has 0 saturated carbocycles. The van der Waals surface area contributed by atoms with Gasteiger partial charge in [-0.3, -0.25) is 0 Å². The molecule has 2 aromatic carbocycles. The molecular formula is C16H16BrF2N. The molecule has 0 aliphatic heterocycles. The van der Waals surface area contributed by atoms with E-state index in [0.29, 0.717) is 27.7 Å². The lowest BCUT2D eigenvalue weighted by Gasteiger charge is -2.11. The van der Waals surface area contributed by atoms with Gasteiger partial charge in [0.2, 0.25) is 0 Å². The molecule has 0 bridgehead atoms. The Morgan fingerprint density at radius 2 is 1.90 bits per heavy atom. The van der Waals surface area contributed by atoms with E-state index >= 15 is 0 Å². The molecule has 0 heterocycles. The molecule has 1 nitrogen and oxygen atoms in total. The summed E-state index contributed by atoms with van der Waals surface area (Å²) < 4.78 is 28.4. The van der Waals surface area contributed by atoms with Crippen molar-refractivity contribution in [1.29, 1.82) is 0 Å². The van der Waals surface area contributed by atoms with Crippen LogP contribution in [0.25, 0.3) is 11.1 Å². The van der Waals surface area contributed by atoms with E-state index in [1.165, 1.54) is 6.07 Å². The molecule has 0 atom stereocenters. The molecule has 0 saturated heterocycles. The maximum absolute atomic E-state index is 14.0. The Labute approximate surface area is 126 Å². The minimum Gasteiger partial charge on any atom is -0.310 e. The molecule has 0 amide bonds. The topological polar surface area (TPSA) is 12.0 Å². The Bertz CT molecular complexity index is 611. The van der Waals surface area contributed by atoms with Crippen molar-refractivity contribution in [2.75, 3.05) is 0 Å². The highest BCUT2D eigenvalue weighted by Crippen LogP contribution is 2.28. The van der Waals surface area contributed by atoms with Gasteiger partial charge >= 0.3 is 0 Å². The fourth-order valence-corrected chi connectivity index (χ4v) is 2.27. The van der Waals surface area contributed by atoms with Gasteiger partial charge in [-0.05, 0) is 33.6 Å². The van der Waals surface area contributed by atoms with Gasteiger partial charge in [0.15, 0.2) is 0 Å². The number of halogens is 3. The Morgan fingerprint density at radius 1 is 1.15 bits per heavy atom. The standard InChI is InChI=1S/C16H16BrF2N/c1-10(2)20-9-12-7-6-11(8-15(12)18)13-4-3-5-14(17)16(13)19/h3-8,10,20H,9H2,1-2H3. The first-order valence-corrected chi connectivity index (χ1v) is 7.24. The maximum atomic E-state index is 14.0. The van der Waals surface area contributed by atoms with Gasteiger partial charge in [0.1, 0.15) is 11.6 Å². The van der Waals surface area contributed by atoms with E-state index in [1.807, 2.05) is 13.8 Å². The van der Waals surface area contributed by atoms with Crippen LogP contribution in [0.4, 0.5) is 8.78 Å². The summed E-state index contributed by atoms with van der Waals surface area (Å²) in [5, 5.41) is 3.16. The minimum absolute atomic E-state index is 0.289. The zero-order valence-electron chi connectivity index (χ0n) is 11.4. The van der Waals surface area contributed by atoms with Crippen molar-refractivity contribution in [2.24, 2.45) is 0 Å². The number of hydrogen-bond acceptors (Lipinski definition) is 1. The minimum atomic E-state index is -0.375. The Kier molecular flexibility index (Phi) is 4.89. The van der Waals surface area contributed by atoms with E-state index in [2.05, 4.69) is 21.2 Å². The van der Waals surface area contributed by atoms with Gasteiger partial charge in [-0.2, -0.15) is 0 Å². The van der Waals surface area contributed by atoms with Crippen molar-refractivity contribution < 1.29 is 8.78 Å². The lowest BCUT2D eigenvalue weighted by Crippen LogP contribution is -2.22. The molecule has 0 fully saturated rings. The fraction of sp³-hybridized carbons (Fsp3) is 0.250. The fourth-order valence-electron chi connectivity index (χ4n) is 1.90. The summed E-state index contributed by atoms with van der Waals surface area (Å²) in [5.74, 6) is -0.699. The number of rotatable bonds is 4. The predicted molar refractivity (Wildman–Crippen MR) is 81.5 cm³/mol. The van der Waals surface area contributed by atoms with Gasteiger partial charge < -0.3 is 5.32 Å². The van der Waals surface area contributed by atoms with Crippen LogP contribution in [0, 0.1) is 11.6 Å². The van der Waals surface area contributed by atoms with Crippen molar-refractivity contribution in [2.45, 2.75) is 26.4 Å². The third-order valence-electron chi connectivity index (χ3n) is 3.02. The van der Waals surface area contributed by atoms with Gasteiger partial charge in [0.25, 0.3) is 0 Å². The molecule has 20 heavy (non-hydrogen) atoms. The summed E-state index contributed by atoms with van der Waals surface area (Å²) in [6.45, 7) is 4.47. The predicted octanol–water partition coefficient (Wildman–Crippen LogP) is 4.89. The summed E-state index contributed by atoms with van der Waals surface area (Å²) in [5.41, 5.74) is 1.51. The van der Waals surface area contributed by atoms with Crippen LogP contribution >= 0.6 is 15.9 Å². The quantitative estimate of drug-likeness (QED) is 0.835. The summed E-state index contributed by atoms with van der Waals surface area (Å²) in [6.07, 6.45) is 0. The van der Waals surface area contributed by atoms with Gasteiger partial charge in [0, 0.05) is 23.7 Å². The molecule has 2 aromatic rings. The van der Waals surface area contributed by atoms with Crippen molar-refractivity contribution in [3.05, 3.63) is 58.1 Å². The third kappa shape index (κ3) is 3.44. The van der Waals surface area contributed by atoms with Crippen molar-refractivity contribution in [3.8, 4) is 11.1 Å². The monoisotopic (exact) mass is 339 g/mol. The van der Waals surface area contributed by atoms with Crippen LogP contribution in [0.2, 0.25) is 0 Å². The second-order valence-electron chi connectivity index (χ2n) is 4.94. The van der Waals surface area contributed by atoms with Crippen LogP contribution in [-0.2, 0) is 6.54 Å². The highest BCUT2D eigenvalue weighted by Gasteiger charge is 2.11. The molecule has 0 radical (unpaired) electrons. The normalized spacial score (nSPS) is 11.1. The molecule has 106 valence electrons. The Balaban J connectivity index is 2.31. The summed E-state index contributed by atoms with van der Waals surface area (Å²) >= 11 is 3.14. The zero-order chi connectivity index (χ0) is 14.7. The average Bonchev–Trinajstić information content (AvgIpc) is 2.40. The Morgan fingerprint density at radius 3 is 2.55 bits per heavy atom. The smallest absolute Gasteiger partial charge is 0.145 e. The van der Waals surface area contributed by atoms with Gasteiger partial charge in [0.05, 0.1) is 4.47 Å². The van der Waals surface area contributed by atoms with Crippen molar-refractivity contribution in [1.82, 2.24) is 5.32 Å². The van der Waals surface area contributed by atoms with Crippen LogP contribution < -0.4 is 5.32 Å². The van der Waals surface area contributed by atoms with Crippen molar-refractivity contribution >= 4 is 15.9 Å². The van der Waals surface area contributed by atoms with Gasteiger partial charge in [-0.1, -0.05) is 38.1 Å². The lowest BCUT2D eigenvalue weighted by molar-refractivity contribution is 0.553. The first-order chi connectivity index (χ1) is 9.49. The summed E-state index contributed by atoms with van der Waals surface area (Å²) in [4.78, 5) is 0. The lowest BCUT2D eigenvalue weighted by atomic mass is 10.0.